The molecule has 0 unspecified atom stereocenters. The van der Waals surface area contributed by atoms with E-state index in [-0.39, 0.29) is 30.6 Å². The Labute approximate surface area is 135 Å². The number of piperidine rings is 1. The van der Waals surface area contributed by atoms with Crippen molar-refractivity contribution in [2.24, 2.45) is 11.7 Å². The topological polar surface area (TPSA) is 123 Å². The van der Waals surface area contributed by atoms with Crippen LogP contribution in [0.4, 0.5) is 0 Å². The van der Waals surface area contributed by atoms with Crippen LogP contribution >= 0.6 is 0 Å². The van der Waals surface area contributed by atoms with E-state index in [0.717, 1.165) is 32.4 Å². The first-order valence-corrected chi connectivity index (χ1v) is 8.16. The zero-order valence-electron chi connectivity index (χ0n) is 13.4. The predicted octanol–water partition coefficient (Wildman–Crippen LogP) is 0.663. The van der Waals surface area contributed by atoms with Gasteiger partial charge in [-0.3, -0.25) is 9.59 Å². The molecule has 0 saturated carbocycles. The number of hydrogen-bond donors (Lipinski definition) is 3. The summed E-state index contributed by atoms with van der Waals surface area (Å²) < 4.78 is 1.50. The Kier molecular flexibility index (Phi) is 6.23. The van der Waals surface area contributed by atoms with Gasteiger partial charge in [-0.2, -0.15) is 0 Å². The molecule has 1 aromatic heterocycles. The van der Waals surface area contributed by atoms with E-state index in [1.807, 2.05) is 6.92 Å². The van der Waals surface area contributed by atoms with Crippen molar-refractivity contribution in [2.45, 2.75) is 51.1 Å². The molecule has 2 atom stereocenters. The van der Waals surface area contributed by atoms with E-state index < -0.39 is 12.0 Å². The molecule has 0 bridgehead atoms. The zero-order chi connectivity index (χ0) is 16.8. The molecule has 1 aliphatic heterocycles. The molecular weight excluding hydrogens is 298 g/mol. The van der Waals surface area contributed by atoms with Crippen molar-refractivity contribution in [3.8, 4) is 0 Å². The molecule has 0 aliphatic carbocycles. The lowest BCUT2D eigenvalue weighted by Crippen LogP contribution is -2.36. The number of carboxylic acids is 1. The standard InChI is InChI=1S/C15H25N5O3/c1-2-11(16)12-9-20(19-18-12)13(3-4-14(21)22)15(23)10-5-7-17-8-6-10/h9-11,13,17H,2-8,16H2,1H3,(H,21,22)/t11-,13-/m0/s1. The number of nitrogens with one attached hydrogen (secondary N) is 1. The number of aliphatic carboxylic acids is 1. The van der Waals surface area contributed by atoms with E-state index >= 15 is 0 Å². The Bertz CT molecular complexity index is 539. The lowest BCUT2D eigenvalue weighted by molar-refractivity contribution is -0.137. The zero-order valence-corrected chi connectivity index (χ0v) is 13.4. The number of carbonyl (C=O) groups is 2. The van der Waals surface area contributed by atoms with E-state index in [9.17, 15) is 9.59 Å². The van der Waals surface area contributed by atoms with Gasteiger partial charge in [0.25, 0.3) is 0 Å². The highest BCUT2D eigenvalue weighted by Gasteiger charge is 2.30. The first-order valence-electron chi connectivity index (χ1n) is 8.16. The third kappa shape index (κ3) is 4.59. The highest BCUT2D eigenvalue weighted by atomic mass is 16.4. The minimum Gasteiger partial charge on any atom is -0.481 e. The average Bonchev–Trinajstić information content (AvgIpc) is 3.04. The number of nitrogens with zero attached hydrogens (tertiary/aromatic N) is 3. The van der Waals surface area contributed by atoms with Crippen molar-refractivity contribution in [1.29, 1.82) is 0 Å². The van der Waals surface area contributed by atoms with Gasteiger partial charge in [0.2, 0.25) is 0 Å². The molecule has 0 radical (unpaired) electrons. The molecule has 1 aromatic rings. The molecule has 8 nitrogen and oxygen atoms in total. The summed E-state index contributed by atoms with van der Waals surface area (Å²) in [5.41, 5.74) is 6.58. The van der Waals surface area contributed by atoms with Crippen LogP contribution in [0.1, 0.15) is 56.8 Å². The first kappa shape index (κ1) is 17.6. The second kappa shape index (κ2) is 8.16. The van der Waals surface area contributed by atoms with Gasteiger partial charge in [0.15, 0.2) is 5.78 Å². The van der Waals surface area contributed by atoms with E-state index in [0.29, 0.717) is 5.69 Å². The predicted molar refractivity (Wildman–Crippen MR) is 83.7 cm³/mol. The van der Waals surface area contributed by atoms with Crippen LogP contribution in [0.5, 0.6) is 0 Å². The summed E-state index contributed by atoms with van der Waals surface area (Å²) in [6, 6.07) is -0.808. The molecule has 23 heavy (non-hydrogen) atoms. The van der Waals surface area contributed by atoms with Crippen LogP contribution in [-0.4, -0.2) is 44.9 Å². The molecule has 0 amide bonds. The summed E-state index contributed by atoms with van der Waals surface area (Å²) >= 11 is 0. The van der Waals surface area contributed by atoms with E-state index in [2.05, 4.69) is 15.6 Å². The Morgan fingerprint density at radius 1 is 1.48 bits per heavy atom. The van der Waals surface area contributed by atoms with Gasteiger partial charge in [-0.1, -0.05) is 12.1 Å². The summed E-state index contributed by atoms with van der Waals surface area (Å²) in [5.74, 6) is -0.921. The van der Waals surface area contributed by atoms with Gasteiger partial charge in [-0.15, -0.1) is 5.10 Å². The lowest BCUT2D eigenvalue weighted by Gasteiger charge is -2.25. The molecule has 1 aliphatic rings. The molecule has 1 saturated heterocycles. The number of aromatic nitrogens is 3. The summed E-state index contributed by atoms with van der Waals surface area (Å²) in [6.45, 7) is 3.57. The summed E-state index contributed by atoms with van der Waals surface area (Å²) in [4.78, 5) is 23.7. The Balaban J connectivity index is 2.16. The van der Waals surface area contributed by atoms with Crippen molar-refractivity contribution < 1.29 is 14.7 Å². The lowest BCUT2D eigenvalue weighted by atomic mass is 9.88. The second-order valence-electron chi connectivity index (χ2n) is 6.01. The van der Waals surface area contributed by atoms with Gasteiger partial charge < -0.3 is 16.2 Å². The molecule has 2 heterocycles. The normalized spacial score (nSPS) is 18.5. The van der Waals surface area contributed by atoms with Crippen molar-refractivity contribution in [1.82, 2.24) is 20.3 Å². The van der Waals surface area contributed by atoms with Crippen molar-refractivity contribution >= 4 is 11.8 Å². The van der Waals surface area contributed by atoms with Gasteiger partial charge in [-0.05, 0) is 38.8 Å². The molecule has 2 rings (SSSR count). The second-order valence-corrected chi connectivity index (χ2v) is 6.01. The van der Waals surface area contributed by atoms with E-state index in [1.165, 1.54) is 4.68 Å². The highest BCUT2D eigenvalue weighted by molar-refractivity contribution is 5.85. The fraction of sp³-hybridized carbons (Fsp3) is 0.733. The molecule has 1 fully saturated rings. The molecule has 4 N–H and O–H groups in total. The average molecular weight is 323 g/mol. The first-order chi connectivity index (χ1) is 11.0. The minimum absolute atomic E-state index is 0.0502. The maximum absolute atomic E-state index is 12.8. The van der Waals surface area contributed by atoms with Crippen LogP contribution in [-0.2, 0) is 9.59 Å². The third-order valence-corrected chi connectivity index (χ3v) is 4.37. The number of carbonyl (C=O) groups excluding carboxylic acids is 1. The fourth-order valence-corrected chi connectivity index (χ4v) is 2.87. The van der Waals surface area contributed by atoms with E-state index in [1.54, 1.807) is 6.20 Å². The maximum atomic E-state index is 12.8. The Morgan fingerprint density at radius 2 is 2.17 bits per heavy atom. The fourth-order valence-electron chi connectivity index (χ4n) is 2.87. The number of hydrogen-bond acceptors (Lipinski definition) is 6. The highest BCUT2D eigenvalue weighted by Crippen LogP contribution is 2.25. The summed E-state index contributed by atoms with van der Waals surface area (Å²) in [7, 11) is 0. The monoisotopic (exact) mass is 323 g/mol. The van der Waals surface area contributed by atoms with Gasteiger partial charge >= 0.3 is 5.97 Å². The van der Waals surface area contributed by atoms with Crippen LogP contribution in [0.3, 0.4) is 0 Å². The van der Waals surface area contributed by atoms with Crippen molar-refractivity contribution in [2.75, 3.05) is 13.1 Å². The van der Waals surface area contributed by atoms with Crippen LogP contribution in [0.2, 0.25) is 0 Å². The van der Waals surface area contributed by atoms with Gasteiger partial charge in [-0.25, -0.2) is 4.68 Å². The Hall–Kier alpha value is -1.80. The number of nitrogens with two attached hydrogens (primary N) is 1. The van der Waals surface area contributed by atoms with Gasteiger partial charge in [0.05, 0.1) is 17.9 Å². The van der Waals surface area contributed by atoms with Crippen molar-refractivity contribution in [3.05, 3.63) is 11.9 Å². The minimum atomic E-state index is -0.918. The number of rotatable bonds is 8. The number of Topliss-reactive ketones (excluding diaryl/α,β-unsaturated/α-hetero) is 1. The van der Waals surface area contributed by atoms with Crippen molar-refractivity contribution in [3.63, 3.8) is 0 Å². The van der Waals surface area contributed by atoms with Crippen LogP contribution in [0.25, 0.3) is 0 Å². The number of ketones is 1. The maximum Gasteiger partial charge on any atom is 0.303 e. The molecule has 0 spiro atoms. The van der Waals surface area contributed by atoms with Gasteiger partial charge in [0, 0.05) is 12.3 Å². The van der Waals surface area contributed by atoms with Crippen LogP contribution < -0.4 is 11.1 Å². The largest absolute Gasteiger partial charge is 0.481 e. The molecule has 128 valence electrons. The Morgan fingerprint density at radius 3 is 2.78 bits per heavy atom. The summed E-state index contributed by atoms with van der Waals surface area (Å²) in [5, 5.41) is 20.2. The third-order valence-electron chi connectivity index (χ3n) is 4.37. The van der Waals surface area contributed by atoms with E-state index in [4.69, 9.17) is 10.8 Å². The SMILES string of the molecule is CC[C@H](N)c1cn([C@@H](CCC(=O)O)C(=O)C2CCNCC2)nn1. The van der Waals surface area contributed by atoms with Gasteiger partial charge in [0.1, 0.15) is 6.04 Å². The van der Waals surface area contributed by atoms with Crippen LogP contribution in [0.15, 0.2) is 6.20 Å². The number of carboxylic acid groups (broad SMARTS) is 1. The quantitative estimate of drug-likeness (QED) is 0.642. The van der Waals surface area contributed by atoms with Crippen LogP contribution in [0, 0.1) is 5.92 Å². The molecule has 0 aromatic carbocycles. The summed E-state index contributed by atoms with van der Waals surface area (Å²) in [6.07, 6.45) is 4.11. The smallest absolute Gasteiger partial charge is 0.303 e. The molecule has 8 heteroatoms. The molecular formula is C15H25N5O3.